The average Bonchev–Trinajstić information content (AvgIpc) is 2.77. The van der Waals surface area contributed by atoms with E-state index >= 15 is 0 Å². The Kier molecular flexibility index (Phi) is 7.48. The summed E-state index contributed by atoms with van der Waals surface area (Å²) in [6.45, 7) is 3.59. The van der Waals surface area contributed by atoms with Crippen LogP contribution in [0.25, 0.3) is 0 Å². The molecule has 1 aliphatic carbocycles. The van der Waals surface area contributed by atoms with Gasteiger partial charge in [0.2, 0.25) is 11.8 Å². The molecule has 0 atom stereocenters. The zero-order chi connectivity index (χ0) is 22.4. The second-order valence-corrected chi connectivity index (χ2v) is 7.64. The molecule has 2 N–H and O–H groups in total. The molecule has 0 aromatic carbocycles. The number of piperazine rings is 1. The van der Waals surface area contributed by atoms with Gasteiger partial charge in [-0.05, 0) is 32.6 Å². The van der Waals surface area contributed by atoms with Crippen LogP contribution in [0.5, 0.6) is 0 Å². The number of carbonyl (C=O) groups excluding carboxylic acids is 3. The molecule has 31 heavy (non-hydrogen) atoms. The van der Waals surface area contributed by atoms with Crippen LogP contribution >= 0.6 is 0 Å². The highest BCUT2D eigenvalue weighted by Gasteiger charge is 2.25. The quantitative estimate of drug-likeness (QED) is 0.602. The van der Waals surface area contributed by atoms with Crippen LogP contribution < -0.4 is 16.6 Å². The minimum atomic E-state index is -0.506. The molecule has 1 aromatic rings. The number of amides is 3. The Morgan fingerprint density at radius 1 is 1.03 bits per heavy atom. The van der Waals surface area contributed by atoms with Crippen molar-refractivity contribution in [2.24, 2.45) is 0 Å². The molecule has 3 rings (SSSR count). The molecule has 170 valence electrons. The normalized spacial score (nSPS) is 15.9. The molecule has 3 amide bonds. The lowest BCUT2D eigenvalue weighted by molar-refractivity contribution is -0.134. The summed E-state index contributed by atoms with van der Waals surface area (Å²) in [5.41, 5.74) is 0.495. The van der Waals surface area contributed by atoms with E-state index in [9.17, 15) is 24.0 Å². The van der Waals surface area contributed by atoms with Gasteiger partial charge in [-0.2, -0.15) is 0 Å². The summed E-state index contributed by atoms with van der Waals surface area (Å²) < 4.78 is 6.42. The largest absolute Gasteiger partial charge is 0.450 e. The van der Waals surface area contributed by atoms with Crippen molar-refractivity contribution in [1.29, 1.82) is 0 Å². The van der Waals surface area contributed by atoms with E-state index in [0.29, 0.717) is 56.9 Å². The fourth-order valence-electron chi connectivity index (χ4n) is 3.97. The molecular formula is C20H29N5O6. The zero-order valence-electron chi connectivity index (χ0n) is 17.8. The fraction of sp³-hybridized carbons (Fsp3) is 0.650. The van der Waals surface area contributed by atoms with Crippen molar-refractivity contribution in [3.63, 3.8) is 0 Å². The number of aromatic nitrogens is 2. The zero-order valence-corrected chi connectivity index (χ0v) is 17.8. The van der Waals surface area contributed by atoms with Gasteiger partial charge in [-0.3, -0.25) is 23.9 Å². The first-order valence-corrected chi connectivity index (χ1v) is 10.7. The third-order valence-electron chi connectivity index (χ3n) is 5.66. The van der Waals surface area contributed by atoms with Crippen LogP contribution in [-0.4, -0.2) is 76.6 Å². The van der Waals surface area contributed by atoms with E-state index in [1.165, 1.54) is 4.57 Å². The molecule has 1 saturated heterocycles. The number of H-pyrrole nitrogens is 1. The summed E-state index contributed by atoms with van der Waals surface area (Å²) in [5, 5.41) is 2.59. The molecule has 2 aliphatic rings. The van der Waals surface area contributed by atoms with E-state index in [4.69, 9.17) is 4.74 Å². The number of fused-ring (bicyclic) bond motifs is 1. The van der Waals surface area contributed by atoms with Crippen molar-refractivity contribution in [1.82, 2.24) is 24.7 Å². The Balaban J connectivity index is 1.46. The number of nitrogens with one attached hydrogen (secondary N) is 2. The summed E-state index contributed by atoms with van der Waals surface area (Å²) in [6, 6.07) is 0. The predicted octanol–water partition coefficient (Wildman–Crippen LogP) is -0.778. The molecule has 1 fully saturated rings. The van der Waals surface area contributed by atoms with Gasteiger partial charge in [0.15, 0.2) is 0 Å². The molecule has 11 heteroatoms. The van der Waals surface area contributed by atoms with E-state index in [2.05, 4.69) is 10.3 Å². The number of nitrogens with zero attached hydrogens (tertiary/aromatic N) is 3. The molecule has 0 unspecified atom stereocenters. The highest BCUT2D eigenvalue weighted by Crippen LogP contribution is 2.16. The number of ether oxygens (including phenoxy) is 1. The fourth-order valence-corrected chi connectivity index (χ4v) is 3.97. The smallest absolute Gasteiger partial charge is 0.409 e. The minimum absolute atomic E-state index is 0.0301. The van der Waals surface area contributed by atoms with Crippen molar-refractivity contribution < 1.29 is 19.1 Å². The van der Waals surface area contributed by atoms with Gasteiger partial charge in [0, 0.05) is 50.4 Å². The van der Waals surface area contributed by atoms with Crippen LogP contribution in [0.1, 0.15) is 37.4 Å². The second-order valence-electron chi connectivity index (χ2n) is 7.64. The highest BCUT2D eigenvalue weighted by atomic mass is 16.6. The molecule has 1 aromatic heterocycles. The van der Waals surface area contributed by atoms with Crippen LogP contribution in [0.4, 0.5) is 4.79 Å². The van der Waals surface area contributed by atoms with E-state index < -0.39 is 5.69 Å². The van der Waals surface area contributed by atoms with E-state index in [1.807, 2.05) is 0 Å². The monoisotopic (exact) mass is 435 g/mol. The Morgan fingerprint density at radius 3 is 2.42 bits per heavy atom. The Labute approximate surface area is 179 Å². The lowest BCUT2D eigenvalue weighted by Crippen LogP contribution is -2.52. The van der Waals surface area contributed by atoms with Crippen molar-refractivity contribution >= 4 is 17.9 Å². The van der Waals surface area contributed by atoms with Gasteiger partial charge in [-0.1, -0.05) is 0 Å². The van der Waals surface area contributed by atoms with Gasteiger partial charge in [0.05, 0.1) is 13.2 Å². The first-order valence-electron chi connectivity index (χ1n) is 10.7. The molecule has 0 saturated carbocycles. The van der Waals surface area contributed by atoms with Gasteiger partial charge in [-0.25, -0.2) is 9.59 Å². The maximum atomic E-state index is 12.3. The van der Waals surface area contributed by atoms with Gasteiger partial charge in [-0.15, -0.1) is 0 Å². The summed E-state index contributed by atoms with van der Waals surface area (Å²) in [4.78, 5) is 65.9. The van der Waals surface area contributed by atoms with Crippen molar-refractivity contribution in [3.8, 4) is 0 Å². The first kappa shape index (κ1) is 22.6. The lowest BCUT2D eigenvalue weighted by Gasteiger charge is -2.34. The van der Waals surface area contributed by atoms with E-state index in [1.54, 1.807) is 16.7 Å². The summed E-state index contributed by atoms with van der Waals surface area (Å²) in [7, 11) is 0. The summed E-state index contributed by atoms with van der Waals surface area (Å²) in [5.74, 6) is -0.573. The summed E-state index contributed by atoms with van der Waals surface area (Å²) >= 11 is 0. The van der Waals surface area contributed by atoms with E-state index in [0.717, 1.165) is 12.8 Å². The highest BCUT2D eigenvalue weighted by molar-refractivity contribution is 5.84. The number of hydrogen-bond donors (Lipinski definition) is 2. The molecule has 1 aliphatic heterocycles. The minimum Gasteiger partial charge on any atom is -0.450 e. The first-order chi connectivity index (χ1) is 14.9. The molecule has 0 radical (unpaired) electrons. The van der Waals surface area contributed by atoms with Crippen LogP contribution in [-0.2, 0) is 33.7 Å². The van der Waals surface area contributed by atoms with Gasteiger partial charge in [0.25, 0.3) is 5.56 Å². The molecule has 0 bridgehead atoms. The standard InChI is InChI=1S/C20H29N5O6/c1-2-31-20(30)24-11-9-23(10-12-24)17(27)13-21-16(26)7-8-25-15-6-4-3-5-14(15)18(28)22-19(25)29/h2-13H2,1H3,(H,21,26)(H,22,28,29). The van der Waals surface area contributed by atoms with Gasteiger partial charge >= 0.3 is 11.8 Å². The Hall–Kier alpha value is -3.11. The topological polar surface area (TPSA) is 134 Å². The number of aromatic amines is 1. The number of carbonyl (C=O) groups is 3. The van der Waals surface area contributed by atoms with Crippen LogP contribution in [0, 0.1) is 0 Å². The number of hydrogen-bond acceptors (Lipinski definition) is 6. The Bertz CT molecular complexity index is 944. The van der Waals surface area contributed by atoms with Crippen molar-refractivity contribution in [2.75, 3.05) is 39.3 Å². The average molecular weight is 435 g/mol. The van der Waals surface area contributed by atoms with E-state index in [-0.39, 0.29) is 43.0 Å². The lowest BCUT2D eigenvalue weighted by atomic mass is 9.97. The molecular weight excluding hydrogens is 406 g/mol. The third-order valence-corrected chi connectivity index (χ3v) is 5.66. The van der Waals surface area contributed by atoms with Crippen molar-refractivity contribution in [3.05, 3.63) is 32.1 Å². The van der Waals surface area contributed by atoms with Crippen LogP contribution in [0.2, 0.25) is 0 Å². The third kappa shape index (κ3) is 5.53. The number of rotatable bonds is 6. The van der Waals surface area contributed by atoms with Crippen molar-refractivity contribution in [2.45, 2.75) is 45.6 Å². The van der Waals surface area contributed by atoms with Gasteiger partial charge in [0.1, 0.15) is 0 Å². The summed E-state index contributed by atoms with van der Waals surface area (Å²) in [6.07, 6.45) is 2.73. The maximum absolute atomic E-state index is 12.3. The van der Waals surface area contributed by atoms with Crippen LogP contribution in [0.15, 0.2) is 9.59 Å². The SMILES string of the molecule is CCOC(=O)N1CCN(C(=O)CNC(=O)CCn2c3c(c(=O)[nH]c2=O)CCCC3)CC1. The predicted molar refractivity (Wildman–Crippen MR) is 111 cm³/mol. The maximum Gasteiger partial charge on any atom is 0.409 e. The molecule has 2 heterocycles. The van der Waals surface area contributed by atoms with Crippen LogP contribution in [0.3, 0.4) is 0 Å². The van der Waals surface area contributed by atoms with Gasteiger partial charge < -0.3 is 19.9 Å². The Morgan fingerprint density at radius 2 is 1.71 bits per heavy atom. The second kappa shape index (κ2) is 10.3. The molecule has 11 nitrogen and oxygen atoms in total. The molecule has 0 spiro atoms.